The molecule has 1 amide bonds. The summed E-state index contributed by atoms with van der Waals surface area (Å²) in [4.78, 5) is 20.7. The molecule has 7 nitrogen and oxygen atoms in total. The van der Waals surface area contributed by atoms with E-state index in [9.17, 15) is 4.79 Å². The number of nitrogens with one attached hydrogen (secondary N) is 1. The minimum atomic E-state index is -0.120. The van der Waals surface area contributed by atoms with E-state index in [4.69, 9.17) is 9.26 Å². The van der Waals surface area contributed by atoms with Crippen LogP contribution in [-0.4, -0.2) is 34.2 Å². The van der Waals surface area contributed by atoms with Crippen LogP contribution < -0.4 is 10.1 Å². The van der Waals surface area contributed by atoms with Crippen LogP contribution in [0.2, 0.25) is 0 Å². The number of carbonyl (C=O) groups is 1. The van der Waals surface area contributed by atoms with E-state index in [2.05, 4.69) is 20.4 Å². The van der Waals surface area contributed by atoms with Crippen molar-refractivity contribution in [3.05, 3.63) is 59.7 Å². The fourth-order valence-corrected chi connectivity index (χ4v) is 2.86. The number of pyridine rings is 1. The van der Waals surface area contributed by atoms with Gasteiger partial charge in [-0.1, -0.05) is 5.16 Å². The molecule has 0 unspecified atom stereocenters. The Morgan fingerprint density at radius 1 is 1.27 bits per heavy atom. The number of nitrogens with zero attached hydrogens (tertiary/aromatic N) is 3. The van der Waals surface area contributed by atoms with Gasteiger partial charge in [-0.15, -0.1) is 0 Å². The number of fused-ring (bicyclic) bond motifs is 1. The second kappa shape index (κ2) is 7.35. The lowest BCUT2D eigenvalue weighted by Crippen LogP contribution is -2.26. The molecule has 0 saturated heterocycles. The molecule has 132 valence electrons. The third-order valence-electron chi connectivity index (χ3n) is 4.18. The van der Waals surface area contributed by atoms with Crippen molar-refractivity contribution in [1.29, 1.82) is 0 Å². The van der Waals surface area contributed by atoms with Crippen LogP contribution in [-0.2, 0) is 12.8 Å². The van der Waals surface area contributed by atoms with Gasteiger partial charge in [-0.2, -0.15) is 4.98 Å². The lowest BCUT2D eigenvalue weighted by Gasteiger charge is -2.17. The lowest BCUT2D eigenvalue weighted by molar-refractivity contribution is 0.0953. The highest BCUT2D eigenvalue weighted by molar-refractivity contribution is 5.94. The first kappa shape index (κ1) is 16.3. The number of carbonyl (C=O) groups excluding carboxylic acids is 1. The van der Waals surface area contributed by atoms with E-state index < -0.39 is 0 Å². The van der Waals surface area contributed by atoms with Crippen molar-refractivity contribution in [2.45, 2.75) is 19.3 Å². The van der Waals surface area contributed by atoms with Crippen LogP contribution in [0.5, 0.6) is 5.75 Å². The van der Waals surface area contributed by atoms with Crippen molar-refractivity contribution < 1.29 is 14.1 Å². The van der Waals surface area contributed by atoms with Crippen LogP contribution in [0.15, 0.2) is 47.2 Å². The van der Waals surface area contributed by atoms with E-state index >= 15 is 0 Å². The normalized spacial score (nSPS) is 12.9. The molecular formula is C19H18N4O3. The number of aryl methyl sites for hydroxylation is 1. The molecule has 4 rings (SSSR count). The second-order valence-corrected chi connectivity index (χ2v) is 6.03. The van der Waals surface area contributed by atoms with Gasteiger partial charge in [-0.3, -0.25) is 9.78 Å². The van der Waals surface area contributed by atoms with Gasteiger partial charge in [-0.25, -0.2) is 0 Å². The largest absolute Gasteiger partial charge is 0.493 e. The molecule has 7 heteroatoms. The first-order valence-corrected chi connectivity index (χ1v) is 8.56. The predicted octanol–water partition coefficient (Wildman–Crippen LogP) is 2.43. The smallest absolute Gasteiger partial charge is 0.251 e. The summed E-state index contributed by atoms with van der Waals surface area (Å²) < 4.78 is 10.8. The van der Waals surface area contributed by atoms with Crippen molar-refractivity contribution in [2.24, 2.45) is 0 Å². The first-order chi connectivity index (χ1) is 12.8. The summed E-state index contributed by atoms with van der Waals surface area (Å²) in [6.07, 6.45) is 5.75. The average molecular weight is 350 g/mol. The van der Waals surface area contributed by atoms with Gasteiger partial charge in [0.2, 0.25) is 11.7 Å². The Labute approximate surface area is 150 Å². The Bertz CT molecular complexity index is 908. The van der Waals surface area contributed by atoms with Gasteiger partial charge >= 0.3 is 0 Å². The average Bonchev–Trinajstić information content (AvgIpc) is 3.17. The molecule has 1 aromatic carbocycles. The van der Waals surface area contributed by atoms with Crippen LogP contribution in [0.1, 0.15) is 28.2 Å². The maximum Gasteiger partial charge on any atom is 0.251 e. The van der Waals surface area contributed by atoms with Crippen LogP contribution in [0.4, 0.5) is 0 Å². The molecule has 0 fully saturated rings. The van der Waals surface area contributed by atoms with Gasteiger partial charge in [0.25, 0.3) is 5.91 Å². The molecule has 0 aliphatic carbocycles. The number of benzene rings is 1. The van der Waals surface area contributed by atoms with Gasteiger partial charge < -0.3 is 14.6 Å². The van der Waals surface area contributed by atoms with Crippen LogP contribution in [0.3, 0.4) is 0 Å². The van der Waals surface area contributed by atoms with E-state index in [1.54, 1.807) is 18.5 Å². The van der Waals surface area contributed by atoms with Crippen LogP contribution in [0.25, 0.3) is 11.4 Å². The van der Waals surface area contributed by atoms with Crippen molar-refractivity contribution >= 4 is 5.91 Å². The zero-order valence-corrected chi connectivity index (χ0v) is 14.1. The Morgan fingerprint density at radius 3 is 3.12 bits per heavy atom. The molecule has 2 aromatic heterocycles. The highest BCUT2D eigenvalue weighted by atomic mass is 16.5. The lowest BCUT2D eigenvalue weighted by atomic mass is 10.0. The molecule has 1 aliphatic rings. The molecule has 3 heterocycles. The summed E-state index contributed by atoms with van der Waals surface area (Å²) in [6.45, 7) is 1.16. The van der Waals surface area contributed by atoms with Crippen molar-refractivity contribution in [3.8, 4) is 17.1 Å². The predicted molar refractivity (Wildman–Crippen MR) is 93.8 cm³/mol. The monoisotopic (exact) mass is 350 g/mol. The zero-order chi connectivity index (χ0) is 17.8. The summed E-state index contributed by atoms with van der Waals surface area (Å²) in [5.41, 5.74) is 2.51. The van der Waals surface area contributed by atoms with E-state index in [0.29, 0.717) is 30.2 Å². The Morgan fingerprint density at radius 2 is 2.23 bits per heavy atom. The topological polar surface area (TPSA) is 90.1 Å². The summed E-state index contributed by atoms with van der Waals surface area (Å²) in [5.74, 6) is 1.73. The number of ether oxygens (including phenoxy) is 1. The maximum atomic E-state index is 12.3. The number of amides is 1. The minimum Gasteiger partial charge on any atom is -0.493 e. The van der Waals surface area contributed by atoms with Crippen molar-refractivity contribution in [2.75, 3.05) is 13.2 Å². The van der Waals surface area contributed by atoms with Gasteiger partial charge in [0.05, 0.1) is 6.61 Å². The molecule has 0 atom stereocenters. The quantitative estimate of drug-likeness (QED) is 0.760. The van der Waals surface area contributed by atoms with Gasteiger partial charge in [-0.05, 0) is 48.7 Å². The third kappa shape index (κ3) is 3.56. The maximum absolute atomic E-state index is 12.3. The number of aromatic nitrogens is 3. The SMILES string of the molecule is O=C(NCCc1nc(-c2cccnc2)no1)c1ccc2c(c1)CCCO2. The molecule has 26 heavy (non-hydrogen) atoms. The van der Waals surface area contributed by atoms with Crippen LogP contribution >= 0.6 is 0 Å². The second-order valence-electron chi connectivity index (χ2n) is 6.03. The zero-order valence-electron chi connectivity index (χ0n) is 14.1. The van der Waals surface area contributed by atoms with Crippen molar-refractivity contribution in [3.63, 3.8) is 0 Å². The van der Waals surface area contributed by atoms with Crippen molar-refractivity contribution in [1.82, 2.24) is 20.4 Å². The molecule has 3 aromatic rings. The number of hydrogen-bond acceptors (Lipinski definition) is 6. The summed E-state index contributed by atoms with van der Waals surface area (Å²) in [6, 6.07) is 9.23. The first-order valence-electron chi connectivity index (χ1n) is 8.56. The minimum absolute atomic E-state index is 0.120. The molecular weight excluding hydrogens is 332 g/mol. The molecule has 1 aliphatic heterocycles. The van der Waals surface area contributed by atoms with E-state index in [1.807, 2.05) is 24.3 Å². The molecule has 0 saturated carbocycles. The van der Waals surface area contributed by atoms with Gasteiger partial charge in [0, 0.05) is 36.5 Å². The Balaban J connectivity index is 1.33. The van der Waals surface area contributed by atoms with Crippen LogP contribution in [0, 0.1) is 0 Å². The summed E-state index contributed by atoms with van der Waals surface area (Å²) in [7, 11) is 0. The highest BCUT2D eigenvalue weighted by Crippen LogP contribution is 2.25. The molecule has 0 spiro atoms. The molecule has 0 radical (unpaired) electrons. The Hall–Kier alpha value is -3.22. The summed E-state index contributed by atoms with van der Waals surface area (Å²) in [5, 5.41) is 6.82. The third-order valence-corrected chi connectivity index (χ3v) is 4.18. The van der Waals surface area contributed by atoms with Gasteiger partial charge in [0.15, 0.2) is 0 Å². The summed E-state index contributed by atoms with van der Waals surface area (Å²) >= 11 is 0. The van der Waals surface area contributed by atoms with Gasteiger partial charge in [0.1, 0.15) is 5.75 Å². The molecule has 0 bridgehead atoms. The fraction of sp³-hybridized carbons (Fsp3) is 0.263. The van der Waals surface area contributed by atoms with E-state index in [-0.39, 0.29) is 5.91 Å². The number of rotatable bonds is 5. The Kier molecular flexibility index (Phi) is 4.59. The fourth-order valence-electron chi connectivity index (χ4n) is 2.86. The number of hydrogen-bond donors (Lipinski definition) is 1. The highest BCUT2D eigenvalue weighted by Gasteiger charge is 2.14. The standard InChI is InChI=1S/C19H18N4O3/c24-19(14-5-6-16-13(11-14)4-2-10-25-16)21-9-7-17-22-18(23-26-17)15-3-1-8-20-12-15/h1,3,5-6,8,11-12H,2,4,7,9-10H2,(H,21,24). The van der Waals surface area contributed by atoms with E-state index in [1.165, 1.54) is 0 Å². The molecule has 1 N–H and O–H groups in total. The van der Waals surface area contributed by atoms with E-state index in [0.717, 1.165) is 36.3 Å².